The predicted molar refractivity (Wildman–Crippen MR) is 64.7 cm³/mol. The molecule has 15 heavy (non-hydrogen) atoms. The second kappa shape index (κ2) is 5.19. The highest BCUT2D eigenvalue weighted by atomic mass is 79.9. The SMILES string of the molecule is COc1cc([N+]#N)c(Cl)c(N)c1CCBr. The number of methoxy groups -OCH3 is 1. The summed E-state index contributed by atoms with van der Waals surface area (Å²) in [6.45, 7) is 0. The molecule has 1 aromatic carbocycles. The molecule has 0 saturated carbocycles. The lowest BCUT2D eigenvalue weighted by Gasteiger charge is -2.09. The normalized spacial score (nSPS) is 9.73. The summed E-state index contributed by atoms with van der Waals surface area (Å²) < 4.78 is 5.15. The van der Waals surface area contributed by atoms with Crippen LogP contribution in [-0.2, 0) is 6.42 Å². The fourth-order valence-electron chi connectivity index (χ4n) is 1.29. The van der Waals surface area contributed by atoms with Gasteiger partial charge >= 0.3 is 5.69 Å². The number of rotatable bonds is 3. The summed E-state index contributed by atoms with van der Waals surface area (Å²) in [6, 6.07) is 1.55. The number of nitrogen functional groups attached to an aromatic ring is 1. The monoisotopic (exact) mass is 290 g/mol. The number of ether oxygens (including phenoxy) is 1. The van der Waals surface area contributed by atoms with Gasteiger partial charge in [0.25, 0.3) is 0 Å². The lowest BCUT2D eigenvalue weighted by molar-refractivity contribution is 0.411. The van der Waals surface area contributed by atoms with E-state index in [0.29, 0.717) is 17.9 Å². The van der Waals surface area contributed by atoms with Gasteiger partial charge in [-0.25, -0.2) is 0 Å². The van der Waals surface area contributed by atoms with Crippen LogP contribution in [0.15, 0.2) is 6.07 Å². The molecule has 0 heterocycles. The van der Waals surface area contributed by atoms with Crippen LogP contribution in [-0.4, -0.2) is 12.4 Å². The summed E-state index contributed by atoms with van der Waals surface area (Å²) in [5.41, 5.74) is 7.23. The van der Waals surface area contributed by atoms with Crippen LogP contribution in [0, 0.1) is 5.39 Å². The minimum Gasteiger partial charge on any atom is -0.496 e. The predicted octanol–water partition coefficient (Wildman–Crippen LogP) is 3.35. The van der Waals surface area contributed by atoms with Gasteiger partial charge in [0, 0.05) is 10.9 Å². The maximum atomic E-state index is 8.70. The molecule has 0 aliphatic heterocycles. The van der Waals surface area contributed by atoms with Crippen molar-refractivity contribution in [2.75, 3.05) is 18.2 Å². The minimum atomic E-state index is 0.212. The van der Waals surface area contributed by atoms with E-state index >= 15 is 0 Å². The van der Waals surface area contributed by atoms with Gasteiger partial charge in [-0.1, -0.05) is 27.5 Å². The molecule has 6 heteroatoms. The molecule has 0 spiro atoms. The van der Waals surface area contributed by atoms with Crippen molar-refractivity contribution >= 4 is 38.9 Å². The Kier molecular flexibility index (Phi) is 4.18. The number of benzene rings is 1. The van der Waals surface area contributed by atoms with Crippen LogP contribution in [0.4, 0.5) is 11.4 Å². The lowest BCUT2D eigenvalue weighted by atomic mass is 10.1. The maximum absolute atomic E-state index is 8.70. The van der Waals surface area contributed by atoms with E-state index in [9.17, 15) is 0 Å². The molecule has 0 aromatic heterocycles. The highest BCUT2D eigenvalue weighted by Crippen LogP contribution is 2.39. The molecule has 0 aliphatic carbocycles. The summed E-state index contributed by atoms with van der Waals surface area (Å²) in [4.78, 5) is 3.04. The Morgan fingerprint density at radius 1 is 1.67 bits per heavy atom. The first-order valence-electron chi connectivity index (χ1n) is 4.21. The fraction of sp³-hybridized carbons (Fsp3) is 0.333. The molecule has 0 radical (unpaired) electrons. The van der Waals surface area contributed by atoms with E-state index < -0.39 is 0 Å². The van der Waals surface area contributed by atoms with Gasteiger partial charge in [0.05, 0.1) is 18.9 Å². The Balaban J connectivity index is 3.39. The third kappa shape index (κ3) is 2.33. The van der Waals surface area contributed by atoms with Crippen LogP contribution in [0.25, 0.3) is 4.98 Å². The Morgan fingerprint density at radius 3 is 2.80 bits per heavy atom. The quantitative estimate of drug-likeness (QED) is 0.527. The molecular weight excluding hydrogens is 281 g/mol. The van der Waals surface area contributed by atoms with Crippen molar-refractivity contribution < 1.29 is 4.74 Å². The summed E-state index contributed by atoms with van der Waals surface area (Å²) in [5, 5.41) is 9.70. The number of halogens is 2. The standard InChI is InChI=1S/C9H10BrClN3O/c1-15-7-4-6(14-13)8(11)9(12)5(7)2-3-10/h4H,2-3,12H2,1H3/q+1. The van der Waals surface area contributed by atoms with Gasteiger partial charge in [0.15, 0.2) is 10.00 Å². The Bertz CT molecular complexity index is 417. The number of diazo groups is 1. The van der Waals surface area contributed by atoms with Gasteiger partial charge in [0.1, 0.15) is 5.75 Å². The van der Waals surface area contributed by atoms with E-state index in [1.165, 1.54) is 7.11 Å². The van der Waals surface area contributed by atoms with Crippen LogP contribution in [0.1, 0.15) is 5.56 Å². The third-order valence-electron chi connectivity index (χ3n) is 2.02. The van der Waals surface area contributed by atoms with E-state index in [4.69, 9.17) is 27.5 Å². The highest BCUT2D eigenvalue weighted by molar-refractivity contribution is 9.09. The molecule has 0 bridgehead atoms. The first kappa shape index (κ1) is 12.1. The van der Waals surface area contributed by atoms with Crippen molar-refractivity contribution in [2.45, 2.75) is 6.42 Å². The zero-order valence-electron chi connectivity index (χ0n) is 8.13. The van der Waals surface area contributed by atoms with E-state index in [1.807, 2.05) is 0 Å². The summed E-state index contributed by atoms with van der Waals surface area (Å²) in [5.74, 6) is 0.573. The first-order chi connectivity index (χ1) is 7.15. The van der Waals surface area contributed by atoms with Crippen molar-refractivity contribution in [3.63, 3.8) is 0 Å². The Morgan fingerprint density at radius 2 is 2.33 bits per heavy atom. The fourth-order valence-corrected chi connectivity index (χ4v) is 1.89. The van der Waals surface area contributed by atoms with Gasteiger partial charge in [-0.2, -0.15) is 0 Å². The van der Waals surface area contributed by atoms with Crippen LogP contribution < -0.4 is 10.5 Å². The molecule has 1 rings (SSSR count). The summed E-state index contributed by atoms with van der Waals surface area (Å²) in [7, 11) is 1.53. The molecule has 0 amide bonds. The van der Waals surface area contributed by atoms with E-state index in [2.05, 4.69) is 20.9 Å². The summed E-state index contributed by atoms with van der Waals surface area (Å²) >= 11 is 9.23. The Labute approximate surface area is 101 Å². The molecule has 0 fully saturated rings. The van der Waals surface area contributed by atoms with Crippen LogP contribution >= 0.6 is 27.5 Å². The van der Waals surface area contributed by atoms with Crippen molar-refractivity contribution in [3.05, 3.63) is 21.6 Å². The second-order valence-corrected chi connectivity index (χ2v) is 4.01. The molecule has 0 saturated heterocycles. The Hall–Kier alpha value is -0.990. The van der Waals surface area contributed by atoms with Gasteiger partial charge in [-0.15, -0.1) is 0 Å². The molecule has 0 aliphatic rings. The second-order valence-electron chi connectivity index (χ2n) is 2.84. The van der Waals surface area contributed by atoms with Gasteiger partial charge < -0.3 is 10.5 Å². The minimum absolute atomic E-state index is 0.212. The molecule has 1 aromatic rings. The van der Waals surface area contributed by atoms with Crippen molar-refractivity contribution in [1.29, 1.82) is 5.39 Å². The zero-order chi connectivity index (χ0) is 11.4. The third-order valence-corrected chi connectivity index (χ3v) is 2.82. The van der Waals surface area contributed by atoms with Gasteiger partial charge in [0.2, 0.25) is 5.39 Å². The number of hydrogen-bond acceptors (Lipinski definition) is 3. The average molecular weight is 292 g/mol. The number of hydrogen-bond donors (Lipinski definition) is 1. The first-order valence-corrected chi connectivity index (χ1v) is 5.71. The van der Waals surface area contributed by atoms with Crippen molar-refractivity contribution in [3.8, 4) is 5.75 Å². The van der Waals surface area contributed by atoms with E-state index in [1.54, 1.807) is 6.07 Å². The molecule has 2 N–H and O–H groups in total. The van der Waals surface area contributed by atoms with E-state index in [0.717, 1.165) is 10.9 Å². The number of alkyl halides is 1. The number of nitrogens with two attached hydrogens (primary N) is 1. The molecule has 80 valence electrons. The van der Waals surface area contributed by atoms with Gasteiger partial charge in [-0.05, 0) is 6.42 Å². The van der Waals surface area contributed by atoms with Crippen LogP contribution in [0.3, 0.4) is 0 Å². The van der Waals surface area contributed by atoms with Gasteiger partial charge in [-0.3, -0.25) is 0 Å². The van der Waals surface area contributed by atoms with Crippen LogP contribution in [0.5, 0.6) is 5.75 Å². The zero-order valence-corrected chi connectivity index (χ0v) is 10.5. The average Bonchev–Trinajstić information content (AvgIpc) is 2.25. The summed E-state index contributed by atoms with van der Waals surface area (Å²) in [6.07, 6.45) is 0.695. The molecule has 0 unspecified atom stereocenters. The molecule has 0 atom stereocenters. The maximum Gasteiger partial charge on any atom is 0.409 e. The van der Waals surface area contributed by atoms with E-state index in [-0.39, 0.29) is 10.7 Å². The topological polar surface area (TPSA) is 63.4 Å². The van der Waals surface area contributed by atoms with Crippen molar-refractivity contribution in [2.24, 2.45) is 0 Å². The van der Waals surface area contributed by atoms with Crippen LogP contribution in [0.2, 0.25) is 5.02 Å². The molecular formula is C9H10BrClN3O+. The molecule has 4 nitrogen and oxygen atoms in total. The van der Waals surface area contributed by atoms with Crippen molar-refractivity contribution in [1.82, 2.24) is 0 Å². The number of nitrogens with zero attached hydrogens (tertiary/aromatic N) is 2. The highest BCUT2D eigenvalue weighted by Gasteiger charge is 2.22. The number of anilines is 1. The smallest absolute Gasteiger partial charge is 0.409 e. The lowest BCUT2D eigenvalue weighted by Crippen LogP contribution is -2.00. The largest absolute Gasteiger partial charge is 0.496 e.